The summed E-state index contributed by atoms with van der Waals surface area (Å²) in [5.41, 5.74) is 4.87. The number of para-hydroxylation sites is 1. The first-order valence-electron chi connectivity index (χ1n) is 7.10. The summed E-state index contributed by atoms with van der Waals surface area (Å²) in [5, 5.41) is 10.6. The van der Waals surface area contributed by atoms with Gasteiger partial charge in [-0.3, -0.25) is 30.6 Å². The second kappa shape index (κ2) is 7.73. The van der Waals surface area contributed by atoms with E-state index in [2.05, 4.69) is 10.9 Å². The van der Waals surface area contributed by atoms with Crippen LogP contribution in [-0.4, -0.2) is 23.3 Å². The molecule has 0 aromatic heterocycles. The Morgan fingerprint density at radius 3 is 2.29 bits per heavy atom. The molecule has 2 N–H and O–H groups in total. The molecule has 0 bridgehead atoms. The maximum absolute atomic E-state index is 12.1. The Morgan fingerprint density at radius 2 is 1.67 bits per heavy atom. The summed E-state index contributed by atoms with van der Waals surface area (Å²) in [4.78, 5) is 34.1. The van der Waals surface area contributed by atoms with E-state index < -0.39 is 16.7 Å². The van der Waals surface area contributed by atoms with Crippen LogP contribution in [0.3, 0.4) is 0 Å². The maximum Gasteiger partial charge on any atom is 0.273 e. The van der Waals surface area contributed by atoms with Crippen molar-refractivity contribution in [2.45, 2.75) is 6.92 Å². The van der Waals surface area contributed by atoms with Gasteiger partial charge in [-0.15, -0.1) is 0 Å². The van der Waals surface area contributed by atoms with Gasteiger partial charge in [0.15, 0.2) is 0 Å². The summed E-state index contributed by atoms with van der Waals surface area (Å²) in [5.74, 6) is -0.719. The molecule has 124 valence electrons. The highest BCUT2D eigenvalue weighted by atomic mass is 16.6. The number of hydrogen-bond acceptors (Lipinski definition) is 5. The Hall–Kier alpha value is -3.42. The molecule has 0 saturated carbocycles. The van der Waals surface area contributed by atoms with Gasteiger partial charge >= 0.3 is 0 Å². The third-order valence-corrected chi connectivity index (χ3v) is 3.06. The highest BCUT2D eigenvalue weighted by molar-refractivity contribution is 6.00. The molecular formula is C16H15N3O5. The van der Waals surface area contributed by atoms with Crippen LogP contribution in [-0.2, 0) is 0 Å². The van der Waals surface area contributed by atoms with Gasteiger partial charge in [-0.25, -0.2) is 0 Å². The number of amides is 2. The van der Waals surface area contributed by atoms with Gasteiger partial charge in [0.2, 0.25) is 0 Å². The lowest BCUT2D eigenvalue weighted by Crippen LogP contribution is -2.41. The summed E-state index contributed by atoms with van der Waals surface area (Å²) in [7, 11) is 0. The van der Waals surface area contributed by atoms with E-state index in [9.17, 15) is 19.7 Å². The number of non-ortho nitro benzene ring substituents is 1. The number of ether oxygens (including phenoxy) is 1. The molecule has 0 radical (unpaired) electrons. The van der Waals surface area contributed by atoms with Gasteiger partial charge in [-0.1, -0.05) is 12.1 Å². The van der Waals surface area contributed by atoms with Crippen LogP contribution in [0.5, 0.6) is 5.75 Å². The number of nitro benzene ring substituents is 1. The lowest BCUT2D eigenvalue weighted by atomic mass is 10.2. The highest BCUT2D eigenvalue weighted by Crippen LogP contribution is 2.17. The fraction of sp³-hybridized carbons (Fsp3) is 0.125. The molecule has 24 heavy (non-hydrogen) atoms. The van der Waals surface area contributed by atoms with Crippen LogP contribution in [0, 0.1) is 10.1 Å². The zero-order valence-electron chi connectivity index (χ0n) is 12.8. The normalized spacial score (nSPS) is 9.88. The van der Waals surface area contributed by atoms with Gasteiger partial charge in [-0.05, 0) is 31.2 Å². The first-order chi connectivity index (χ1) is 11.5. The number of carbonyl (C=O) groups is 2. The number of nitro groups is 1. The second-order valence-electron chi connectivity index (χ2n) is 4.64. The van der Waals surface area contributed by atoms with Crippen molar-refractivity contribution in [2.24, 2.45) is 0 Å². The van der Waals surface area contributed by atoms with Crippen molar-refractivity contribution in [3.63, 3.8) is 0 Å². The second-order valence-corrected chi connectivity index (χ2v) is 4.64. The highest BCUT2D eigenvalue weighted by Gasteiger charge is 2.14. The summed E-state index contributed by atoms with van der Waals surface area (Å²) in [6.45, 7) is 2.20. The Kier molecular flexibility index (Phi) is 5.45. The zero-order chi connectivity index (χ0) is 17.5. The standard InChI is InChI=1S/C16H15N3O5/c1-2-24-14-6-4-3-5-13(14)16(21)18-17-15(20)11-7-9-12(10-8-11)19(22)23/h3-10H,2H2,1H3,(H,17,20)(H,18,21). The van der Waals surface area contributed by atoms with Crippen LogP contribution in [0.4, 0.5) is 5.69 Å². The Labute approximate surface area is 137 Å². The molecule has 0 unspecified atom stereocenters. The average Bonchev–Trinajstić information content (AvgIpc) is 2.60. The monoisotopic (exact) mass is 329 g/mol. The van der Waals surface area contributed by atoms with E-state index in [4.69, 9.17) is 4.74 Å². The fourth-order valence-corrected chi connectivity index (χ4v) is 1.92. The van der Waals surface area contributed by atoms with Crippen LogP contribution in [0.1, 0.15) is 27.6 Å². The van der Waals surface area contributed by atoms with Crippen LogP contribution in [0.25, 0.3) is 0 Å². The van der Waals surface area contributed by atoms with Crippen molar-refractivity contribution >= 4 is 17.5 Å². The van der Waals surface area contributed by atoms with E-state index >= 15 is 0 Å². The molecular weight excluding hydrogens is 314 g/mol. The number of rotatable bonds is 5. The minimum atomic E-state index is -0.591. The van der Waals surface area contributed by atoms with E-state index in [1.165, 1.54) is 24.3 Å². The largest absolute Gasteiger partial charge is 0.493 e. The molecule has 0 spiro atoms. The van der Waals surface area contributed by atoms with E-state index in [1.54, 1.807) is 31.2 Å². The lowest BCUT2D eigenvalue weighted by Gasteiger charge is -2.11. The van der Waals surface area contributed by atoms with Crippen molar-refractivity contribution in [3.8, 4) is 5.75 Å². The minimum absolute atomic E-state index is 0.124. The number of benzene rings is 2. The van der Waals surface area contributed by atoms with Gasteiger partial charge in [-0.2, -0.15) is 0 Å². The molecule has 0 heterocycles. The lowest BCUT2D eigenvalue weighted by molar-refractivity contribution is -0.384. The van der Waals surface area contributed by atoms with Crippen LogP contribution in [0.2, 0.25) is 0 Å². The van der Waals surface area contributed by atoms with Gasteiger partial charge in [0, 0.05) is 17.7 Å². The predicted octanol–water partition coefficient (Wildman–Crippen LogP) is 2.07. The van der Waals surface area contributed by atoms with Crippen LogP contribution in [0.15, 0.2) is 48.5 Å². The Bertz CT molecular complexity index is 759. The molecule has 2 amide bonds. The molecule has 8 heteroatoms. The molecule has 8 nitrogen and oxygen atoms in total. The molecule has 2 aromatic rings. The number of nitrogens with zero attached hydrogens (tertiary/aromatic N) is 1. The van der Waals surface area contributed by atoms with Crippen molar-refractivity contribution in [3.05, 3.63) is 69.8 Å². The summed E-state index contributed by atoms with van der Waals surface area (Å²) < 4.78 is 5.35. The number of nitrogens with one attached hydrogen (secondary N) is 2. The quantitative estimate of drug-likeness (QED) is 0.644. The van der Waals surface area contributed by atoms with Crippen LogP contribution >= 0.6 is 0 Å². The van der Waals surface area contributed by atoms with E-state index in [0.29, 0.717) is 12.4 Å². The van der Waals surface area contributed by atoms with Gasteiger partial charge in [0.1, 0.15) is 5.75 Å². The molecule has 0 aliphatic rings. The van der Waals surface area contributed by atoms with Gasteiger partial charge in [0.25, 0.3) is 17.5 Å². The van der Waals surface area contributed by atoms with Crippen molar-refractivity contribution in [1.29, 1.82) is 0 Å². The SMILES string of the molecule is CCOc1ccccc1C(=O)NNC(=O)c1ccc([N+](=O)[O-])cc1. The minimum Gasteiger partial charge on any atom is -0.493 e. The summed E-state index contributed by atoms with van der Waals surface area (Å²) in [6, 6.07) is 11.6. The van der Waals surface area contributed by atoms with Crippen LogP contribution < -0.4 is 15.6 Å². The smallest absolute Gasteiger partial charge is 0.273 e. The Balaban J connectivity index is 2.01. The topological polar surface area (TPSA) is 111 Å². The summed E-state index contributed by atoms with van der Waals surface area (Å²) >= 11 is 0. The third-order valence-electron chi connectivity index (χ3n) is 3.06. The predicted molar refractivity (Wildman–Crippen MR) is 85.6 cm³/mol. The zero-order valence-corrected chi connectivity index (χ0v) is 12.8. The number of hydrogen-bond donors (Lipinski definition) is 2. The van der Waals surface area contributed by atoms with E-state index in [1.807, 2.05) is 0 Å². The van der Waals surface area contributed by atoms with E-state index in [0.717, 1.165) is 0 Å². The van der Waals surface area contributed by atoms with Crippen molar-refractivity contribution in [1.82, 2.24) is 10.9 Å². The fourth-order valence-electron chi connectivity index (χ4n) is 1.92. The molecule has 0 aliphatic carbocycles. The number of hydrazine groups is 1. The third kappa shape index (κ3) is 4.07. The molecule has 2 rings (SSSR count). The number of carbonyl (C=O) groups excluding carboxylic acids is 2. The molecule has 0 aliphatic heterocycles. The van der Waals surface area contributed by atoms with Crippen molar-refractivity contribution in [2.75, 3.05) is 6.61 Å². The summed E-state index contributed by atoms with van der Waals surface area (Å²) in [6.07, 6.45) is 0. The molecule has 0 atom stereocenters. The van der Waals surface area contributed by atoms with Gasteiger partial charge in [0.05, 0.1) is 17.1 Å². The van der Waals surface area contributed by atoms with E-state index in [-0.39, 0.29) is 16.8 Å². The van der Waals surface area contributed by atoms with Crippen molar-refractivity contribution < 1.29 is 19.2 Å². The average molecular weight is 329 g/mol. The molecule has 0 saturated heterocycles. The first-order valence-corrected chi connectivity index (χ1v) is 7.10. The Morgan fingerprint density at radius 1 is 1.04 bits per heavy atom. The molecule has 0 fully saturated rings. The molecule has 2 aromatic carbocycles. The maximum atomic E-state index is 12.1. The van der Waals surface area contributed by atoms with Gasteiger partial charge < -0.3 is 4.74 Å². The first kappa shape index (κ1) is 16.9.